The third kappa shape index (κ3) is 4.06. The van der Waals surface area contributed by atoms with Gasteiger partial charge in [0.25, 0.3) is 11.8 Å². The summed E-state index contributed by atoms with van der Waals surface area (Å²) in [7, 11) is 0. The zero-order valence-corrected chi connectivity index (χ0v) is 15.3. The van der Waals surface area contributed by atoms with E-state index < -0.39 is 0 Å². The Morgan fingerprint density at radius 2 is 1.80 bits per heavy atom. The quantitative estimate of drug-likeness (QED) is 0.626. The number of fused-ring (bicyclic) bond motifs is 1. The molecular weight excluding hydrogens is 336 g/mol. The Morgan fingerprint density at radius 1 is 1.16 bits per heavy atom. The van der Waals surface area contributed by atoms with Crippen molar-refractivity contribution in [3.8, 4) is 0 Å². The first-order valence-corrected chi connectivity index (χ1v) is 10.1. The fourth-order valence-electron chi connectivity index (χ4n) is 3.54. The Bertz CT molecular complexity index is 641. The van der Waals surface area contributed by atoms with Crippen molar-refractivity contribution in [2.24, 2.45) is 5.92 Å². The van der Waals surface area contributed by atoms with Gasteiger partial charge in [0.05, 0.1) is 16.9 Å². The average molecular weight is 360 g/mol. The topological polar surface area (TPSA) is 66.5 Å². The van der Waals surface area contributed by atoms with Crippen LogP contribution in [0, 0.1) is 5.92 Å². The zero-order chi connectivity index (χ0) is 17.8. The monoisotopic (exact) mass is 360 g/mol. The molecule has 25 heavy (non-hydrogen) atoms. The maximum Gasteiger partial charge on any atom is 0.261 e. The van der Waals surface area contributed by atoms with Crippen molar-refractivity contribution in [2.75, 3.05) is 18.1 Å². The molecule has 1 aliphatic heterocycles. The van der Waals surface area contributed by atoms with E-state index in [0.717, 1.165) is 6.42 Å². The summed E-state index contributed by atoms with van der Waals surface area (Å²) in [6.07, 6.45) is 4.68. The lowest BCUT2D eigenvalue weighted by Gasteiger charge is -2.29. The molecule has 1 N–H and O–H groups in total. The molecule has 1 aromatic carbocycles. The molecule has 0 bridgehead atoms. The lowest BCUT2D eigenvalue weighted by molar-refractivity contribution is -0.119. The van der Waals surface area contributed by atoms with Crippen molar-refractivity contribution in [1.82, 2.24) is 10.2 Å². The minimum absolute atomic E-state index is 0.0473. The normalized spacial score (nSPS) is 22.8. The van der Waals surface area contributed by atoms with Gasteiger partial charge in [0.2, 0.25) is 5.91 Å². The predicted octanol–water partition coefficient (Wildman–Crippen LogP) is 2.71. The molecular formula is C19H24N2O3S. The second-order valence-corrected chi connectivity index (χ2v) is 7.90. The van der Waals surface area contributed by atoms with E-state index in [2.05, 4.69) is 12.2 Å². The molecule has 1 aromatic rings. The first kappa shape index (κ1) is 18.0. The number of imide groups is 1. The largest absolute Gasteiger partial charge is 0.352 e. The van der Waals surface area contributed by atoms with Crippen molar-refractivity contribution in [1.29, 1.82) is 0 Å². The second kappa shape index (κ2) is 8.04. The maximum atomic E-state index is 12.3. The molecule has 3 rings (SSSR count). The van der Waals surface area contributed by atoms with E-state index in [-0.39, 0.29) is 23.8 Å². The van der Waals surface area contributed by atoms with Gasteiger partial charge in [0.15, 0.2) is 0 Å². The maximum absolute atomic E-state index is 12.3. The number of carbonyl (C=O) groups excluding carboxylic acids is 3. The average Bonchev–Trinajstić information content (AvgIpc) is 2.86. The van der Waals surface area contributed by atoms with E-state index in [1.165, 1.54) is 35.9 Å². The van der Waals surface area contributed by atoms with Gasteiger partial charge in [-0.05, 0) is 30.9 Å². The van der Waals surface area contributed by atoms with E-state index in [9.17, 15) is 14.4 Å². The summed E-state index contributed by atoms with van der Waals surface area (Å²) in [6, 6.07) is 7.18. The van der Waals surface area contributed by atoms with Gasteiger partial charge in [-0.25, -0.2) is 0 Å². The van der Waals surface area contributed by atoms with Crippen LogP contribution in [0.1, 0.15) is 53.3 Å². The van der Waals surface area contributed by atoms with Crippen LogP contribution in [0.25, 0.3) is 0 Å². The number of nitrogens with one attached hydrogen (secondary N) is 1. The van der Waals surface area contributed by atoms with Gasteiger partial charge >= 0.3 is 0 Å². The van der Waals surface area contributed by atoms with Crippen molar-refractivity contribution in [3.63, 3.8) is 0 Å². The van der Waals surface area contributed by atoms with E-state index in [1.807, 2.05) is 0 Å². The number of hydrogen-bond acceptors (Lipinski definition) is 4. The Hall–Kier alpha value is -1.82. The SMILES string of the molecule is CC1CCCCC1NC(=O)CSCCN1C(=O)c2ccccc2C1=O. The molecule has 2 aliphatic rings. The van der Waals surface area contributed by atoms with Crippen molar-refractivity contribution in [3.05, 3.63) is 35.4 Å². The summed E-state index contributed by atoms with van der Waals surface area (Å²) >= 11 is 1.46. The number of hydrogen-bond donors (Lipinski definition) is 1. The van der Waals surface area contributed by atoms with Gasteiger partial charge in [0, 0.05) is 18.3 Å². The molecule has 0 radical (unpaired) electrons. The lowest BCUT2D eigenvalue weighted by atomic mass is 9.86. The molecule has 0 spiro atoms. The Morgan fingerprint density at radius 3 is 2.44 bits per heavy atom. The highest BCUT2D eigenvalue weighted by atomic mass is 32.2. The standard InChI is InChI=1S/C19H24N2O3S/c1-13-6-2-5-9-16(13)20-17(22)12-25-11-10-21-18(23)14-7-3-4-8-15(14)19(21)24/h3-4,7-8,13,16H,2,5-6,9-12H2,1H3,(H,20,22). The lowest BCUT2D eigenvalue weighted by Crippen LogP contribution is -2.42. The van der Waals surface area contributed by atoms with Gasteiger partial charge in [-0.2, -0.15) is 11.8 Å². The Kier molecular flexibility index (Phi) is 5.78. The third-order valence-corrected chi connectivity index (χ3v) is 5.97. The van der Waals surface area contributed by atoms with Crippen LogP contribution in [-0.2, 0) is 4.79 Å². The number of thioether (sulfide) groups is 1. The van der Waals surface area contributed by atoms with Crippen LogP contribution < -0.4 is 5.32 Å². The number of carbonyl (C=O) groups is 3. The highest BCUT2D eigenvalue weighted by Crippen LogP contribution is 2.24. The van der Waals surface area contributed by atoms with Gasteiger partial charge in [-0.1, -0.05) is 31.9 Å². The first-order valence-electron chi connectivity index (χ1n) is 8.90. The van der Waals surface area contributed by atoms with Crippen molar-refractivity contribution >= 4 is 29.5 Å². The summed E-state index contributed by atoms with van der Waals surface area (Å²) in [6.45, 7) is 2.53. The predicted molar refractivity (Wildman–Crippen MR) is 98.7 cm³/mol. The van der Waals surface area contributed by atoms with Crippen LogP contribution in [-0.4, -0.2) is 46.7 Å². The second-order valence-electron chi connectivity index (χ2n) is 6.80. The smallest absolute Gasteiger partial charge is 0.261 e. The molecule has 2 unspecified atom stereocenters. The molecule has 6 heteroatoms. The molecule has 134 valence electrons. The van der Waals surface area contributed by atoms with Crippen LogP contribution in [0.2, 0.25) is 0 Å². The Balaban J connectivity index is 1.41. The summed E-state index contributed by atoms with van der Waals surface area (Å²) in [5.41, 5.74) is 0.947. The number of benzene rings is 1. The molecule has 1 saturated carbocycles. The molecule has 1 heterocycles. The fraction of sp³-hybridized carbons (Fsp3) is 0.526. The van der Waals surface area contributed by atoms with Crippen LogP contribution in [0.4, 0.5) is 0 Å². The van der Waals surface area contributed by atoms with Gasteiger partial charge < -0.3 is 5.32 Å². The summed E-state index contributed by atoms with van der Waals surface area (Å²) in [5, 5.41) is 3.12. The van der Waals surface area contributed by atoms with Gasteiger partial charge in [0.1, 0.15) is 0 Å². The van der Waals surface area contributed by atoms with E-state index in [4.69, 9.17) is 0 Å². The van der Waals surface area contributed by atoms with Crippen molar-refractivity contribution < 1.29 is 14.4 Å². The van der Waals surface area contributed by atoms with Crippen LogP contribution in [0.15, 0.2) is 24.3 Å². The molecule has 3 amide bonds. The summed E-state index contributed by atoms with van der Waals surface area (Å²) < 4.78 is 0. The number of amides is 3. The molecule has 0 aromatic heterocycles. The van der Waals surface area contributed by atoms with Crippen LogP contribution >= 0.6 is 11.8 Å². The zero-order valence-electron chi connectivity index (χ0n) is 14.5. The van der Waals surface area contributed by atoms with E-state index >= 15 is 0 Å². The minimum atomic E-state index is -0.235. The van der Waals surface area contributed by atoms with Crippen LogP contribution in [0.5, 0.6) is 0 Å². The Labute approximate surface area is 152 Å². The first-order chi connectivity index (χ1) is 12.1. The number of rotatable bonds is 6. The molecule has 1 fully saturated rings. The number of nitrogens with zero attached hydrogens (tertiary/aromatic N) is 1. The summed E-state index contributed by atoms with van der Waals surface area (Å²) in [5.74, 6) is 1.06. The third-order valence-electron chi connectivity index (χ3n) is 5.03. The van der Waals surface area contributed by atoms with Crippen molar-refractivity contribution in [2.45, 2.75) is 38.6 Å². The summed E-state index contributed by atoms with van der Waals surface area (Å²) in [4.78, 5) is 37.9. The van der Waals surface area contributed by atoms with E-state index in [0.29, 0.717) is 35.1 Å². The van der Waals surface area contributed by atoms with Gasteiger partial charge in [-0.3, -0.25) is 19.3 Å². The fourth-order valence-corrected chi connectivity index (χ4v) is 4.27. The molecule has 1 aliphatic carbocycles. The highest BCUT2D eigenvalue weighted by Gasteiger charge is 2.34. The highest BCUT2D eigenvalue weighted by molar-refractivity contribution is 7.99. The molecule has 5 nitrogen and oxygen atoms in total. The van der Waals surface area contributed by atoms with Crippen LogP contribution in [0.3, 0.4) is 0 Å². The van der Waals surface area contributed by atoms with Gasteiger partial charge in [-0.15, -0.1) is 0 Å². The van der Waals surface area contributed by atoms with E-state index in [1.54, 1.807) is 24.3 Å². The molecule has 2 atom stereocenters. The molecule has 0 saturated heterocycles. The minimum Gasteiger partial charge on any atom is -0.352 e.